The number of aromatic nitrogens is 3. The summed E-state index contributed by atoms with van der Waals surface area (Å²) in [5.74, 6) is 0.744. The first-order chi connectivity index (χ1) is 12.3. The first-order valence-electron chi connectivity index (χ1n) is 9.83. The highest BCUT2D eigenvalue weighted by Crippen LogP contribution is 2.33. The van der Waals surface area contributed by atoms with Crippen molar-refractivity contribution >= 4 is 5.91 Å². The van der Waals surface area contributed by atoms with E-state index in [0.29, 0.717) is 24.5 Å². The summed E-state index contributed by atoms with van der Waals surface area (Å²) in [7, 11) is 0. The van der Waals surface area contributed by atoms with E-state index in [0.717, 1.165) is 64.0 Å². The van der Waals surface area contributed by atoms with Crippen molar-refractivity contribution in [3.8, 4) is 0 Å². The van der Waals surface area contributed by atoms with Crippen LogP contribution < -0.4 is 0 Å². The van der Waals surface area contributed by atoms with Gasteiger partial charge in [-0.15, -0.1) is 5.10 Å². The van der Waals surface area contributed by atoms with Gasteiger partial charge in [-0.1, -0.05) is 11.6 Å². The topological polar surface area (TPSA) is 63.5 Å². The summed E-state index contributed by atoms with van der Waals surface area (Å²) in [6, 6.07) is 0.870. The van der Waals surface area contributed by atoms with E-state index in [-0.39, 0.29) is 12.1 Å². The second-order valence-corrected chi connectivity index (χ2v) is 8.05. The Bertz CT molecular complexity index is 635. The maximum Gasteiger partial charge on any atom is 0.225 e. The van der Waals surface area contributed by atoms with Crippen LogP contribution in [0.25, 0.3) is 0 Å². The summed E-state index contributed by atoms with van der Waals surface area (Å²) in [6.45, 7) is 4.57. The minimum atomic E-state index is 0.269. The molecule has 2 saturated heterocycles. The van der Waals surface area contributed by atoms with Crippen LogP contribution in [-0.4, -0.2) is 69.0 Å². The number of nitrogens with zero attached hydrogens (tertiary/aromatic N) is 5. The highest BCUT2D eigenvalue weighted by molar-refractivity contribution is 5.79. The summed E-state index contributed by atoms with van der Waals surface area (Å²) in [5.41, 5.74) is 1.09. The van der Waals surface area contributed by atoms with Crippen molar-refractivity contribution in [1.29, 1.82) is 0 Å². The summed E-state index contributed by atoms with van der Waals surface area (Å²) in [4.78, 5) is 17.2. The van der Waals surface area contributed by atoms with Crippen LogP contribution in [0.1, 0.15) is 50.3 Å². The molecule has 4 aliphatic rings. The van der Waals surface area contributed by atoms with E-state index in [9.17, 15) is 4.79 Å². The first-order valence-corrected chi connectivity index (χ1v) is 9.83. The Morgan fingerprint density at radius 3 is 2.72 bits per heavy atom. The quantitative estimate of drug-likeness (QED) is 0.806. The lowest BCUT2D eigenvalue weighted by atomic mass is 9.84. The molecule has 1 saturated carbocycles. The van der Waals surface area contributed by atoms with Gasteiger partial charge in [0.25, 0.3) is 0 Å². The summed E-state index contributed by atoms with van der Waals surface area (Å²) in [5, 5.41) is 8.36. The number of carbonyl (C=O) groups is 1. The number of ether oxygens (including phenoxy) is 1. The second-order valence-electron chi connectivity index (χ2n) is 8.05. The average Bonchev–Trinajstić information content (AvgIpc) is 3.09. The van der Waals surface area contributed by atoms with Gasteiger partial charge in [-0.2, -0.15) is 0 Å². The molecule has 0 spiro atoms. The molecular weight excluding hydrogens is 318 g/mol. The molecule has 3 aliphatic heterocycles. The van der Waals surface area contributed by atoms with E-state index < -0.39 is 0 Å². The molecule has 25 heavy (non-hydrogen) atoms. The third-order valence-corrected chi connectivity index (χ3v) is 6.71. The van der Waals surface area contributed by atoms with E-state index >= 15 is 0 Å². The molecule has 1 aromatic rings. The van der Waals surface area contributed by atoms with Gasteiger partial charge >= 0.3 is 0 Å². The highest BCUT2D eigenvalue weighted by atomic mass is 16.5. The third kappa shape index (κ3) is 2.77. The number of hydrogen-bond donors (Lipinski definition) is 0. The van der Waals surface area contributed by atoms with Crippen molar-refractivity contribution in [3.63, 3.8) is 0 Å². The maximum atomic E-state index is 12.4. The van der Waals surface area contributed by atoms with Crippen LogP contribution in [0.4, 0.5) is 0 Å². The Morgan fingerprint density at radius 2 is 1.96 bits per heavy atom. The molecule has 0 N–H and O–H groups in total. The van der Waals surface area contributed by atoms with E-state index in [2.05, 4.69) is 24.8 Å². The molecule has 1 amide bonds. The molecule has 2 atom stereocenters. The van der Waals surface area contributed by atoms with Crippen LogP contribution in [0.2, 0.25) is 0 Å². The van der Waals surface area contributed by atoms with Crippen molar-refractivity contribution in [2.45, 2.75) is 63.3 Å². The fraction of sp³-hybridized carbons (Fsp3) is 0.833. The van der Waals surface area contributed by atoms with Gasteiger partial charge in [0.15, 0.2) is 0 Å². The standard InChI is InChI=1S/C18H27N5O2/c24-18(13-2-1-3-13)21-7-4-14(5-8-21)22-9-6-17-16(11-22)23-15(12-25-17)10-19-20-23/h10,13-14,16-17H,1-9,11-12H2/t16-,17-/m0/s1. The number of fused-ring (bicyclic) bond motifs is 3. The van der Waals surface area contributed by atoms with Gasteiger partial charge < -0.3 is 9.64 Å². The van der Waals surface area contributed by atoms with Crippen molar-refractivity contribution in [1.82, 2.24) is 24.8 Å². The molecule has 7 heteroatoms. The Hall–Kier alpha value is -1.47. The van der Waals surface area contributed by atoms with Gasteiger partial charge in [0.2, 0.25) is 5.91 Å². The van der Waals surface area contributed by atoms with Gasteiger partial charge in [0.1, 0.15) is 0 Å². The van der Waals surface area contributed by atoms with Crippen LogP contribution in [0.15, 0.2) is 6.20 Å². The molecule has 0 unspecified atom stereocenters. The molecule has 5 rings (SSSR count). The molecule has 3 fully saturated rings. The zero-order chi connectivity index (χ0) is 16.8. The zero-order valence-corrected chi connectivity index (χ0v) is 14.7. The smallest absolute Gasteiger partial charge is 0.225 e. The van der Waals surface area contributed by atoms with Gasteiger partial charge in [0, 0.05) is 38.1 Å². The molecular formula is C18H27N5O2. The number of piperidine rings is 2. The molecule has 0 radical (unpaired) electrons. The predicted octanol–water partition coefficient (Wildman–Crippen LogP) is 1.21. The maximum absolute atomic E-state index is 12.4. The lowest BCUT2D eigenvalue weighted by Crippen LogP contribution is -2.54. The minimum Gasteiger partial charge on any atom is -0.370 e. The number of hydrogen-bond acceptors (Lipinski definition) is 5. The van der Waals surface area contributed by atoms with Crippen LogP contribution >= 0.6 is 0 Å². The van der Waals surface area contributed by atoms with Crippen molar-refractivity contribution in [2.24, 2.45) is 5.92 Å². The first kappa shape index (κ1) is 15.8. The van der Waals surface area contributed by atoms with Crippen molar-refractivity contribution < 1.29 is 9.53 Å². The molecule has 1 aromatic heterocycles. The van der Waals surface area contributed by atoms with Crippen LogP contribution in [0, 0.1) is 5.92 Å². The predicted molar refractivity (Wildman–Crippen MR) is 90.8 cm³/mol. The summed E-state index contributed by atoms with van der Waals surface area (Å²) < 4.78 is 8.09. The number of likely N-dealkylation sites (tertiary alicyclic amines) is 2. The van der Waals surface area contributed by atoms with E-state index in [1.54, 1.807) is 0 Å². The SMILES string of the molecule is O=C(C1CCC1)N1CCC(N2CC[C@@H]3OCc4cnnn4[C@H]3C2)CC1. The largest absolute Gasteiger partial charge is 0.370 e. The van der Waals surface area contributed by atoms with Gasteiger partial charge in [0.05, 0.1) is 30.6 Å². The fourth-order valence-electron chi connectivity index (χ4n) is 4.90. The number of amides is 1. The molecule has 0 bridgehead atoms. The Morgan fingerprint density at radius 1 is 1.12 bits per heavy atom. The summed E-state index contributed by atoms with van der Waals surface area (Å²) >= 11 is 0. The van der Waals surface area contributed by atoms with Crippen LogP contribution in [-0.2, 0) is 16.1 Å². The number of carbonyl (C=O) groups excluding carboxylic acids is 1. The lowest BCUT2D eigenvalue weighted by Gasteiger charge is -2.46. The third-order valence-electron chi connectivity index (χ3n) is 6.71. The minimum absolute atomic E-state index is 0.269. The molecule has 136 valence electrons. The molecule has 0 aromatic carbocycles. The lowest BCUT2D eigenvalue weighted by molar-refractivity contribution is -0.140. The molecule has 4 heterocycles. The van der Waals surface area contributed by atoms with Crippen LogP contribution in [0.3, 0.4) is 0 Å². The summed E-state index contributed by atoms with van der Waals surface area (Å²) in [6.07, 6.45) is 8.79. The van der Waals surface area contributed by atoms with Crippen molar-refractivity contribution in [3.05, 3.63) is 11.9 Å². The molecule has 1 aliphatic carbocycles. The van der Waals surface area contributed by atoms with Gasteiger partial charge in [-0.05, 0) is 32.1 Å². The van der Waals surface area contributed by atoms with E-state index in [1.807, 2.05) is 6.20 Å². The van der Waals surface area contributed by atoms with Gasteiger partial charge in [-0.3, -0.25) is 9.69 Å². The second kappa shape index (κ2) is 6.36. The Kier molecular flexibility index (Phi) is 4.01. The van der Waals surface area contributed by atoms with Crippen molar-refractivity contribution in [2.75, 3.05) is 26.2 Å². The van der Waals surface area contributed by atoms with E-state index in [1.165, 1.54) is 6.42 Å². The molecule has 7 nitrogen and oxygen atoms in total. The highest BCUT2D eigenvalue weighted by Gasteiger charge is 2.39. The number of rotatable bonds is 2. The van der Waals surface area contributed by atoms with Crippen LogP contribution in [0.5, 0.6) is 0 Å². The Balaban J connectivity index is 1.20. The Labute approximate surface area is 148 Å². The zero-order valence-electron chi connectivity index (χ0n) is 14.7. The average molecular weight is 345 g/mol. The van der Waals surface area contributed by atoms with Gasteiger partial charge in [-0.25, -0.2) is 4.68 Å². The monoisotopic (exact) mass is 345 g/mol. The normalized spacial score (nSPS) is 31.3. The van der Waals surface area contributed by atoms with E-state index in [4.69, 9.17) is 4.74 Å². The fourth-order valence-corrected chi connectivity index (χ4v) is 4.90.